The topological polar surface area (TPSA) is 29.5 Å². The summed E-state index contributed by atoms with van der Waals surface area (Å²) >= 11 is 0. The molecule has 0 spiro atoms. The summed E-state index contributed by atoms with van der Waals surface area (Å²) in [7, 11) is 0. The zero-order valence-electron chi connectivity index (χ0n) is 18.3. The van der Waals surface area contributed by atoms with E-state index in [0.717, 1.165) is 17.7 Å². The van der Waals surface area contributed by atoms with Gasteiger partial charge in [0.15, 0.2) is 0 Å². The predicted molar refractivity (Wildman–Crippen MR) is 118 cm³/mol. The summed E-state index contributed by atoms with van der Waals surface area (Å²) in [6, 6.07) is 21.0. The summed E-state index contributed by atoms with van der Waals surface area (Å²) in [5, 5.41) is 0. The van der Waals surface area contributed by atoms with Gasteiger partial charge in [0.05, 0.1) is 5.92 Å². The Morgan fingerprint density at radius 3 is 2.14 bits per heavy atom. The minimum atomic E-state index is -0.517. The van der Waals surface area contributed by atoms with Crippen LogP contribution in [0.25, 0.3) is 0 Å². The van der Waals surface area contributed by atoms with E-state index in [1.807, 2.05) is 52.0 Å². The average Bonchev–Trinajstić information content (AvgIpc) is 3.08. The van der Waals surface area contributed by atoms with Crippen molar-refractivity contribution in [1.29, 1.82) is 0 Å². The van der Waals surface area contributed by atoms with Gasteiger partial charge >= 0.3 is 5.97 Å². The van der Waals surface area contributed by atoms with E-state index >= 15 is 0 Å². The lowest BCUT2D eigenvalue weighted by Gasteiger charge is -2.34. The first-order valence-electron chi connectivity index (χ1n) is 10.4. The quantitative estimate of drug-likeness (QED) is 0.465. The van der Waals surface area contributed by atoms with Gasteiger partial charge in [0.2, 0.25) is 0 Å². The average molecular weight is 392 g/mol. The van der Waals surface area contributed by atoms with Crippen LogP contribution in [-0.4, -0.2) is 23.0 Å². The summed E-state index contributed by atoms with van der Waals surface area (Å²) in [6.45, 7) is 15.0. The van der Waals surface area contributed by atoms with E-state index in [1.54, 1.807) is 0 Å². The van der Waals surface area contributed by atoms with Crippen molar-refractivity contribution in [2.75, 3.05) is 6.54 Å². The maximum atomic E-state index is 13.4. The molecule has 1 fully saturated rings. The molecule has 0 amide bonds. The number of hydrogen-bond acceptors (Lipinski definition) is 3. The summed E-state index contributed by atoms with van der Waals surface area (Å²) in [5.74, 6) is -0.358. The Hall–Kier alpha value is -2.39. The Labute approximate surface area is 175 Å². The first-order valence-corrected chi connectivity index (χ1v) is 10.4. The summed E-state index contributed by atoms with van der Waals surface area (Å²) in [5.41, 5.74) is 2.91. The molecular weight excluding hydrogens is 358 g/mol. The number of carbonyl (C=O) groups is 1. The van der Waals surface area contributed by atoms with Gasteiger partial charge in [-0.3, -0.25) is 9.69 Å². The zero-order chi connectivity index (χ0) is 21.2. The molecule has 1 aliphatic heterocycles. The lowest BCUT2D eigenvalue weighted by molar-refractivity contribution is -0.162. The molecule has 2 aromatic rings. The van der Waals surface area contributed by atoms with Crippen LogP contribution in [0.4, 0.5) is 0 Å². The van der Waals surface area contributed by atoms with Gasteiger partial charge in [-0.1, -0.05) is 72.8 Å². The van der Waals surface area contributed by atoms with E-state index in [2.05, 4.69) is 54.8 Å². The molecule has 0 bridgehead atoms. The van der Waals surface area contributed by atoms with Gasteiger partial charge in [-0.2, -0.15) is 0 Å². The van der Waals surface area contributed by atoms with Gasteiger partial charge in [0, 0.05) is 24.5 Å². The third kappa shape index (κ3) is 4.79. The molecule has 0 aliphatic carbocycles. The second kappa shape index (κ2) is 8.54. The van der Waals surface area contributed by atoms with Crippen molar-refractivity contribution < 1.29 is 9.53 Å². The maximum absolute atomic E-state index is 13.4. The van der Waals surface area contributed by atoms with Crippen LogP contribution in [0, 0.1) is 11.8 Å². The minimum absolute atomic E-state index is 0.0528. The third-order valence-electron chi connectivity index (χ3n) is 5.77. The smallest absolute Gasteiger partial charge is 0.312 e. The fourth-order valence-electron chi connectivity index (χ4n) is 4.38. The fraction of sp³-hybridized carbons (Fsp3) is 0.423. The highest BCUT2D eigenvalue weighted by molar-refractivity contribution is 5.75. The molecule has 0 radical (unpaired) electrons. The van der Waals surface area contributed by atoms with E-state index < -0.39 is 5.60 Å². The normalized spacial score (nSPS) is 23.6. The lowest BCUT2D eigenvalue weighted by atomic mass is 9.83. The first kappa shape index (κ1) is 21.3. The number of nitrogens with zero attached hydrogens (tertiary/aromatic N) is 1. The zero-order valence-corrected chi connectivity index (χ0v) is 18.3. The summed E-state index contributed by atoms with van der Waals surface area (Å²) in [6.07, 6.45) is 0. The Morgan fingerprint density at radius 1 is 1.07 bits per heavy atom. The van der Waals surface area contributed by atoms with Crippen LogP contribution >= 0.6 is 0 Å². The van der Waals surface area contributed by atoms with Crippen LogP contribution in [-0.2, 0) is 9.53 Å². The van der Waals surface area contributed by atoms with Crippen LogP contribution in [0.15, 0.2) is 72.8 Å². The molecule has 29 heavy (non-hydrogen) atoms. The van der Waals surface area contributed by atoms with Gasteiger partial charge in [-0.15, -0.1) is 0 Å². The number of ether oxygens (including phenoxy) is 1. The van der Waals surface area contributed by atoms with Crippen molar-refractivity contribution in [3.05, 3.63) is 83.9 Å². The molecule has 4 atom stereocenters. The number of likely N-dealkylation sites (tertiary alicyclic amines) is 1. The van der Waals surface area contributed by atoms with Crippen molar-refractivity contribution in [2.45, 2.75) is 52.3 Å². The third-order valence-corrected chi connectivity index (χ3v) is 5.77. The minimum Gasteiger partial charge on any atom is -0.460 e. The van der Waals surface area contributed by atoms with E-state index in [9.17, 15) is 4.79 Å². The number of carbonyl (C=O) groups excluding carboxylic acids is 1. The van der Waals surface area contributed by atoms with Gasteiger partial charge in [-0.05, 0) is 45.7 Å². The number of hydrogen-bond donors (Lipinski definition) is 0. The van der Waals surface area contributed by atoms with Crippen molar-refractivity contribution in [3.63, 3.8) is 0 Å². The van der Waals surface area contributed by atoms with Gasteiger partial charge < -0.3 is 4.74 Å². The fourth-order valence-corrected chi connectivity index (χ4v) is 4.38. The molecular formula is C26H33NO2. The largest absolute Gasteiger partial charge is 0.460 e. The molecule has 1 saturated heterocycles. The number of esters is 1. The Bertz CT molecular complexity index is 838. The van der Waals surface area contributed by atoms with Gasteiger partial charge in [0.1, 0.15) is 5.60 Å². The van der Waals surface area contributed by atoms with E-state index in [0.29, 0.717) is 0 Å². The highest BCUT2D eigenvalue weighted by Gasteiger charge is 2.49. The van der Waals surface area contributed by atoms with Crippen molar-refractivity contribution in [3.8, 4) is 0 Å². The second-order valence-electron chi connectivity index (χ2n) is 9.15. The standard InChI is InChI=1S/C26H33NO2/c1-18(2)22-17-27(19(3)20-13-9-7-10-14-20)24(21-15-11-8-12-16-21)23(22)25(28)29-26(4,5)6/h7-16,19,22-24H,1,17H2,2-6H3/t19-,22+,23+,24-/m1/s1. The van der Waals surface area contributed by atoms with Crippen molar-refractivity contribution in [1.82, 2.24) is 4.90 Å². The molecule has 0 aromatic heterocycles. The summed E-state index contributed by atoms with van der Waals surface area (Å²) < 4.78 is 5.88. The van der Waals surface area contributed by atoms with E-state index in [4.69, 9.17) is 4.74 Å². The van der Waals surface area contributed by atoms with Gasteiger partial charge in [-0.25, -0.2) is 0 Å². The Kier molecular flexibility index (Phi) is 6.28. The summed E-state index contributed by atoms with van der Waals surface area (Å²) in [4.78, 5) is 15.8. The molecule has 0 saturated carbocycles. The van der Waals surface area contributed by atoms with Gasteiger partial charge in [0.25, 0.3) is 0 Å². The van der Waals surface area contributed by atoms with E-state index in [1.165, 1.54) is 5.56 Å². The molecule has 0 N–H and O–H groups in total. The Balaban J connectivity index is 2.06. The predicted octanol–water partition coefficient (Wildman–Crippen LogP) is 5.95. The molecule has 3 heteroatoms. The SMILES string of the molecule is C=C(C)[C@@H]1CN([C@H](C)c2ccccc2)[C@H](c2ccccc2)[C@H]1C(=O)OC(C)(C)C. The molecule has 3 rings (SSSR count). The van der Waals surface area contributed by atoms with Crippen LogP contribution in [0.3, 0.4) is 0 Å². The number of benzene rings is 2. The highest BCUT2D eigenvalue weighted by Crippen LogP contribution is 2.48. The molecule has 0 unspecified atom stereocenters. The lowest BCUT2D eigenvalue weighted by Crippen LogP contribution is -2.35. The molecule has 3 nitrogen and oxygen atoms in total. The van der Waals surface area contributed by atoms with Crippen molar-refractivity contribution in [2.24, 2.45) is 11.8 Å². The van der Waals surface area contributed by atoms with Crippen LogP contribution in [0.5, 0.6) is 0 Å². The molecule has 1 aliphatic rings. The molecule has 2 aromatic carbocycles. The molecule has 1 heterocycles. The van der Waals surface area contributed by atoms with Crippen LogP contribution in [0.2, 0.25) is 0 Å². The highest BCUT2D eigenvalue weighted by atomic mass is 16.6. The molecule has 154 valence electrons. The van der Waals surface area contributed by atoms with Crippen molar-refractivity contribution >= 4 is 5.97 Å². The monoisotopic (exact) mass is 391 g/mol. The Morgan fingerprint density at radius 2 is 1.62 bits per heavy atom. The van der Waals surface area contributed by atoms with Crippen LogP contribution in [0.1, 0.15) is 57.8 Å². The maximum Gasteiger partial charge on any atom is 0.312 e. The van der Waals surface area contributed by atoms with E-state index in [-0.39, 0.29) is 29.9 Å². The first-order chi connectivity index (χ1) is 13.7. The second-order valence-corrected chi connectivity index (χ2v) is 9.15. The van der Waals surface area contributed by atoms with Crippen LogP contribution < -0.4 is 0 Å². The number of rotatable bonds is 5.